The van der Waals surface area contributed by atoms with Crippen LogP contribution in [0.25, 0.3) is 0 Å². The van der Waals surface area contributed by atoms with Crippen LogP contribution in [-0.4, -0.2) is 24.8 Å². The van der Waals surface area contributed by atoms with E-state index in [4.69, 9.17) is 4.74 Å². The van der Waals surface area contributed by atoms with E-state index >= 15 is 0 Å². The van der Waals surface area contributed by atoms with Crippen LogP contribution >= 0.6 is 0 Å². The minimum Gasteiger partial charge on any atom is -0.483 e. The Balaban J connectivity index is 1.51. The molecule has 1 aliphatic carbocycles. The predicted octanol–water partition coefficient (Wildman–Crippen LogP) is 3.56. The molecular weight excluding hydrogens is 314 g/mol. The molecule has 1 heterocycles. The Labute approximate surface area is 147 Å². The van der Waals surface area contributed by atoms with Crippen molar-refractivity contribution >= 4 is 17.4 Å². The maximum Gasteiger partial charge on any atom is 0.264 e. The predicted molar refractivity (Wildman–Crippen MR) is 96.3 cm³/mol. The number of hydrogen-bond acceptors (Lipinski definition) is 3. The number of rotatable bonds is 3. The Hall–Kier alpha value is -2.62. The molecule has 0 fully saturated rings. The summed E-state index contributed by atoms with van der Waals surface area (Å²) >= 11 is 0. The molecule has 1 amide bonds. The number of ketones is 1. The second-order valence-corrected chi connectivity index (χ2v) is 6.63. The largest absolute Gasteiger partial charge is 0.483 e. The Morgan fingerprint density at radius 3 is 2.80 bits per heavy atom. The van der Waals surface area contributed by atoms with Crippen LogP contribution in [0.1, 0.15) is 40.7 Å². The fraction of sp³-hybridized carbons (Fsp3) is 0.333. The highest BCUT2D eigenvalue weighted by atomic mass is 16.5. The molecule has 0 saturated carbocycles. The second-order valence-electron chi connectivity index (χ2n) is 6.63. The van der Waals surface area contributed by atoms with E-state index in [2.05, 4.69) is 6.07 Å². The second kappa shape index (κ2) is 6.71. The van der Waals surface area contributed by atoms with Crippen LogP contribution in [0.15, 0.2) is 42.5 Å². The lowest BCUT2D eigenvalue weighted by molar-refractivity contribution is -0.120. The first-order valence-electron chi connectivity index (χ1n) is 8.90. The van der Waals surface area contributed by atoms with Gasteiger partial charge >= 0.3 is 0 Å². The number of Topliss-reactive ketones (excluding diaryl/α,β-unsaturated/α-hetero) is 1. The number of amides is 1. The third-order valence-corrected chi connectivity index (χ3v) is 5.03. The van der Waals surface area contributed by atoms with Crippen LogP contribution < -0.4 is 9.64 Å². The number of carbonyl (C=O) groups excluding carboxylic acids is 2. The molecule has 0 unspecified atom stereocenters. The number of ether oxygens (including phenoxy) is 1. The van der Waals surface area contributed by atoms with Gasteiger partial charge in [0, 0.05) is 29.8 Å². The van der Waals surface area contributed by atoms with Crippen molar-refractivity contribution in [3.05, 3.63) is 59.2 Å². The summed E-state index contributed by atoms with van der Waals surface area (Å²) in [6.45, 7) is 0.726. The van der Waals surface area contributed by atoms with Gasteiger partial charge in [0.15, 0.2) is 12.4 Å². The minimum absolute atomic E-state index is 0.00101. The normalized spacial score (nSPS) is 16.2. The summed E-state index contributed by atoms with van der Waals surface area (Å²) in [5.41, 5.74) is 3.91. The maximum absolute atomic E-state index is 12.7. The SMILES string of the molecule is O=C1CCCc2c(OCC(=O)N3CCCc4ccccc43)cccc21. The number of carbonyl (C=O) groups is 2. The van der Waals surface area contributed by atoms with Crippen LogP contribution in [0.2, 0.25) is 0 Å². The molecule has 0 aromatic heterocycles. The average Bonchev–Trinajstić information content (AvgIpc) is 2.66. The molecule has 128 valence electrons. The number of fused-ring (bicyclic) bond motifs is 2. The first kappa shape index (κ1) is 15.9. The van der Waals surface area contributed by atoms with Gasteiger partial charge in [0.25, 0.3) is 5.91 Å². The van der Waals surface area contributed by atoms with Crippen molar-refractivity contribution in [2.24, 2.45) is 0 Å². The zero-order chi connectivity index (χ0) is 17.2. The minimum atomic E-state index is -0.0353. The zero-order valence-corrected chi connectivity index (χ0v) is 14.2. The van der Waals surface area contributed by atoms with E-state index < -0.39 is 0 Å². The Morgan fingerprint density at radius 1 is 1.00 bits per heavy atom. The van der Waals surface area contributed by atoms with Crippen molar-refractivity contribution in [3.8, 4) is 5.75 Å². The molecule has 0 N–H and O–H groups in total. The lowest BCUT2D eigenvalue weighted by atomic mass is 9.90. The monoisotopic (exact) mass is 335 g/mol. The van der Waals surface area contributed by atoms with Gasteiger partial charge in [-0.05, 0) is 43.4 Å². The highest BCUT2D eigenvalue weighted by molar-refractivity contribution is 5.99. The van der Waals surface area contributed by atoms with Gasteiger partial charge in [0.1, 0.15) is 5.75 Å². The van der Waals surface area contributed by atoms with Crippen LogP contribution in [0, 0.1) is 0 Å². The molecular formula is C21H21NO3. The summed E-state index contributed by atoms with van der Waals surface area (Å²) < 4.78 is 5.84. The fourth-order valence-corrected chi connectivity index (χ4v) is 3.79. The summed E-state index contributed by atoms with van der Waals surface area (Å²) in [4.78, 5) is 26.5. The molecule has 4 rings (SSSR count). The summed E-state index contributed by atoms with van der Waals surface area (Å²) in [6, 6.07) is 13.6. The van der Waals surface area contributed by atoms with E-state index in [0.29, 0.717) is 12.2 Å². The molecule has 0 bridgehead atoms. The lowest BCUT2D eigenvalue weighted by Gasteiger charge is -2.29. The van der Waals surface area contributed by atoms with Gasteiger partial charge in [-0.25, -0.2) is 0 Å². The van der Waals surface area contributed by atoms with E-state index in [1.165, 1.54) is 5.56 Å². The Morgan fingerprint density at radius 2 is 1.88 bits per heavy atom. The Bertz CT molecular complexity index is 828. The fourth-order valence-electron chi connectivity index (χ4n) is 3.79. The standard InChI is InChI=1S/C21H21NO3/c23-19-11-3-9-17-16(19)8-4-12-20(17)25-14-21(24)22-13-5-7-15-6-1-2-10-18(15)22/h1-2,4,6,8,10,12H,3,5,7,9,11,13-14H2. The molecule has 4 nitrogen and oxygen atoms in total. The zero-order valence-electron chi connectivity index (χ0n) is 14.2. The first-order valence-corrected chi connectivity index (χ1v) is 8.90. The molecule has 4 heteroatoms. The van der Waals surface area contributed by atoms with Crippen molar-refractivity contribution in [1.82, 2.24) is 0 Å². The van der Waals surface area contributed by atoms with Crippen LogP contribution in [0.5, 0.6) is 5.75 Å². The molecule has 2 aromatic rings. The molecule has 2 aromatic carbocycles. The maximum atomic E-state index is 12.7. The summed E-state index contributed by atoms with van der Waals surface area (Å²) in [6.07, 6.45) is 4.25. The summed E-state index contributed by atoms with van der Waals surface area (Å²) in [7, 11) is 0. The molecule has 0 spiro atoms. The van der Waals surface area contributed by atoms with Crippen molar-refractivity contribution in [2.75, 3.05) is 18.1 Å². The van der Waals surface area contributed by atoms with Crippen LogP contribution in [0.3, 0.4) is 0 Å². The van der Waals surface area contributed by atoms with Gasteiger partial charge in [-0.1, -0.05) is 30.3 Å². The number of hydrogen-bond donors (Lipinski definition) is 0. The third kappa shape index (κ3) is 3.04. The first-order chi connectivity index (χ1) is 12.2. The van der Waals surface area contributed by atoms with E-state index in [0.717, 1.165) is 49.0 Å². The van der Waals surface area contributed by atoms with Gasteiger partial charge in [0.05, 0.1) is 0 Å². The highest BCUT2D eigenvalue weighted by Crippen LogP contribution is 2.30. The van der Waals surface area contributed by atoms with E-state index in [-0.39, 0.29) is 18.3 Å². The van der Waals surface area contributed by atoms with Gasteiger partial charge in [-0.2, -0.15) is 0 Å². The van der Waals surface area contributed by atoms with E-state index in [1.807, 2.05) is 41.3 Å². The molecule has 0 radical (unpaired) electrons. The van der Waals surface area contributed by atoms with Crippen LogP contribution in [-0.2, 0) is 17.6 Å². The number of aryl methyl sites for hydroxylation is 1. The topological polar surface area (TPSA) is 46.6 Å². The Kier molecular flexibility index (Phi) is 4.26. The van der Waals surface area contributed by atoms with Crippen molar-refractivity contribution < 1.29 is 14.3 Å². The van der Waals surface area contributed by atoms with Crippen LogP contribution in [0.4, 0.5) is 5.69 Å². The molecule has 25 heavy (non-hydrogen) atoms. The lowest BCUT2D eigenvalue weighted by Crippen LogP contribution is -2.38. The molecule has 2 aliphatic rings. The number of para-hydroxylation sites is 1. The highest BCUT2D eigenvalue weighted by Gasteiger charge is 2.24. The van der Waals surface area contributed by atoms with Gasteiger partial charge in [-0.3, -0.25) is 9.59 Å². The number of benzene rings is 2. The molecule has 1 aliphatic heterocycles. The van der Waals surface area contributed by atoms with Crippen molar-refractivity contribution in [2.45, 2.75) is 32.1 Å². The average molecular weight is 335 g/mol. The van der Waals surface area contributed by atoms with Gasteiger partial charge in [0.2, 0.25) is 0 Å². The van der Waals surface area contributed by atoms with Crippen molar-refractivity contribution in [3.63, 3.8) is 0 Å². The van der Waals surface area contributed by atoms with Crippen molar-refractivity contribution in [1.29, 1.82) is 0 Å². The number of nitrogens with zero attached hydrogens (tertiary/aromatic N) is 1. The smallest absolute Gasteiger partial charge is 0.264 e. The summed E-state index contributed by atoms with van der Waals surface area (Å²) in [5.74, 6) is 0.805. The van der Waals surface area contributed by atoms with E-state index in [9.17, 15) is 9.59 Å². The third-order valence-electron chi connectivity index (χ3n) is 5.03. The number of anilines is 1. The van der Waals surface area contributed by atoms with Gasteiger partial charge < -0.3 is 9.64 Å². The van der Waals surface area contributed by atoms with E-state index in [1.54, 1.807) is 0 Å². The van der Waals surface area contributed by atoms with Gasteiger partial charge in [-0.15, -0.1) is 0 Å². The summed E-state index contributed by atoms with van der Waals surface area (Å²) in [5, 5.41) is 0. The quantitative estimate of drug-likeness (QED) is 0.861. The molecule has 0 saturated heterocycles. The molecule has 0 atom stereocenters.